The first-order valence-corrected chi connectivity index (χ1v) is 9.26. The van der Waals surface area contributed by atoms with Gasteiger partial charge in [0, 0.05) is 4.90 Å². The fraction of sp³-hybridized carbons (Fsp3) is 0.125. The number of nitrogens with zero attached hydrogens (tertiary/aromatic N) is 1. The van der Waals surface area contributed by atoms with E-state index in [1.165, 1.54) is 18.2 Å². The molecular weight excluding hydrogens is 350 g/mol. The smallest absolute Gasteiger partial charge is 0.340 e. The summed E-state index contributed by atoms with van der Waals surface area (Å²) in [6, 6.07) is 14.6. The number of hydrogen-bond acceptors (Lipinski definition) is 6. The Morgan fingerprint density at radius 2 is 1.71 bits per heavy atom. The van der Waals surface area contributed by atoms with Gasteiger partial charge in [0.15, 0.2) is 5.37 Å². The number of carbonyl (C=O) groups is 2. The van der Waals surface area contributed by atoms with Gasteiger partial charge >= 0.3 is 5.97 Å². The first-order valence-electron chi connectivity index (χ1n) is 6.94. The Bertz CT molecular complexity index is 896. The molecule has 1 unspecified atom stereocenters. The molecule has 0 spiro atoms. The highest BCUT2D eigenvalue weighted by Crippen LogP contribution is 2.37. The third-order valence-corrected chi connectivity index (χ3v) is 6.57. The summed E-state index contributed by atoms with van der Waals surface area (Å²) in [5.74, 6) is -1.54. The Hall–Kier alpha value is -2.32. The van der Waals surface area contributed by atoms with Crippen molar-refractivity contribution >= 4 is 33.7 Å². The standard InChI is InChI=1S/C16H13NO5S2/c1-22-16(19)15(23-11-7-3-2-4-8-11)17-14(18)12-9-5-6-10-13(12)24(17,20)21/h2-10,15H,1H3. The Labute approximate surface area is 143 Å². The number of thioether (sulfide) groups is 1. The van der Waals surface area contributed by atoms with Gasteiger partial charge in [-0.15, -0.1) is 0 Å². The molecule has 3 rings (SSSR count). The fourth-order valence-corrected chi connectivity index (χ4v) is 5.33. The number of benzene rings is 2. The van der Waals surface area contributed by atoms with E-state index in [-0.39, 0.29) is 10.5 Å². The molecule has 0 fully saturated rings. The van der Waals surface area contributed by atoms with Crippen molar-refractivity contribution in [1.82, 2.24) is 4.31 Å². The van der Waals surface area contributed by atoms with E-state index >= 15 is 0 Å². The van der Waals surface area contributed by atoms with E-state index < -0.39 is 27.3 Å². The van der Waals surface area contributed by atoms with E-state index in [1.807, 2.05) is 0 Å². The lowest BCUT2D eigenvalue weighted by Crippen LogP contribution is -2.43. The molecule has 1 amide bonds. The van der Waals surface area contributed by atoms with Crippen molar-refractivity contribution in [3.05, 3.63) is 60.2 Å². The topological polar surface area (TPSA) is 80.8 Å². The number of fused-ring (bicyclic) bond motifs is 1. The van der Waals surface area contributed by atoms with Gasteiger partial charge in [0.2, 0.25) is 0 Å². The van der Waals surface area contributed by atoms with Gasteiger partial charge in [-0.1, -0.05) is 42.1 Å². The molecule has 0 N–H and O–H groups in total. The molecule has 1 aliphatic rings. The van der Waals surface area contributed by atoms with Crippen LogP contribution in [0.1, 0.15) is 10.4 Å². The van der Waals surface area contributed by atoms with Crippen molar-refractivity contribution in [3.8, 4) is 0 Å². The average Bonchev–Trinajstić information content (AvgIpc) is 2.80. The molecule has 1 aliphatic heterocycles. The first kappa shape index (κ1) is 16.5. The molecule has 1 heterocycles. The minimum absolute atomic E-state index is 0.0556. The van der Waals surface area contributed by atoms with E-state index in [9.17, 15) is 18.0 Å². The Balaban J connectivity index is 2.06. The average molecular weight is 363 g/mol. The van der Waals surface area contributed by atoms with Gasteiger partial charge in [0.05, 0.1) is 12.7 Å². The van der Waals surface area contributed by atoms with Crippen LogP contribution in [-0.2, 0) is 19.6 Å². The third kappa shape index (κ3) is 2.67. The monoisotopic (exact) mass is 363 g/mol. The van der Waals surface area contributed by atoms with Crippen LogP contribution >= 0.6 is 11.8 Å². The van der Waals surface area contributed by atoms with Crippen LogP contribution < -0.4 is 0 Å². The first-order chi connectivity index (χ1) is 11.5. The normalized spacial score (nSPS) is 16.5. The van der Waals surface area contributed by atoms with Crippen molar-refractivity contribution in [2.75, 3.05) is 7.11 Å². The Morgan fingerprint density at radius 1 is 1.08 bits per heavy atom. The van der Waals surface area contributed by atoms with Gasteiger partial charge in [-0.2, -0.15) is 0 Å². The molecule has 124 valence electrons. The van der Waals surface area contributed by atoms with Crippen molar-refractivity contribution in [1.29, 1.82) is 0 Å². The van der Waals surface area contributed by atoms with Crippen molar-refractivity contribution < 1.29 is 22.7 Å². The maximum atomic E-state index is 12.7. The van der Waals surface area contributed by atoms with Crippen molar-refractivity contribution in [2.45, 2.75) is 15.2 Å². The molecule has 2 aromatic rings. The number of methoxy groups -OCH3 is 1. The predicted octanol–water partition coefficient (Wildman–Crippen LogP) is 2.12. The molecular formula is C16H13NO5S2. The van der Waals surface area contributed by atoms with Crippen molar-refractivity contribution in [2.24, 2.45) is 0 Å². The summed E-state index contributed by atoms with van der Waals surface area (Å²) in [4.78, 5) is 25.3. The zero-order valence-electron chi connectivity index (χ0n) is 12.6. The van der Waals surface area contributed by atoms with Crippen LogP contribution in [0.2, 0.25) is 0 Å². The second-order valence-electron chi connectivity index (χ2n) is 4.91. The number of amides is 1. The van der Waals surface area contributed by atoms with Gasteiger partial charge in [-0.25, -0.2) is 17.5 Å². The molecule has 6 nitrogen and oxygen atoms in total. The molecule has 0 bridgehead atoms. The number of carbonyl (C=O) groups excluding carboxylic acids is 2. The Morgan fingerprint density at radius 3 is 2.33 bits per heavy atom. The van der Waals surface area contributed by atoms with Gasteiger partial charge in [0.25, 0.3) is 15.9 Å². The second-order valence-corrected chi connectivity index (χ2v) is 7.85. The summed E-state index contributed by atoms with van der Waals surface area (Å²) >= 11 is 0.947. The molecule has 0 saturated heterocycles. The van der Waals surface area contributed by atoms with Gasteiger partial charge in [0.1, 0.15) is 4.90 Å². The lowest BCUT2D eigenvalue weighted by molar-refractivity contribution is -0.141. The van der Waals surface area contributed by atoms with Crippen LogP contribution in [0.4, 0.5) is 0 Å². The van der Waals surface area contributed by atoms with Gasteiger partial charge < -0.3 is 4.74 Å². The van der Waals surface area contributed by atoms with E-state index in [0.29, 0.717) is 9.20 Å². The zero-order valence-corrected chi connectivity index (χ0v) is 14.2. The predicted molar refractivity (Wildman–Crippen MR) is 87.9 cm³/mol. The number of rotatable bonds is 4. The largest absolute Gasteiger partial charge is 0.467 e. The molecule has 0 aliphatic carbocycles. The van der Waals surface area contributed by atoms with Gasteiger partial charge in [-0.3, -0.25) is 4.79 Å². The van der Waals surface area contributed by atoms with Crippen LogP contribution in [0, 0.1) is 0 Å². The molecule has 8 heteroatoms. The SMILES string of the molecule is COC(=O)C(Sc1ccccc1)N1C(=O)c2ccccc2S1(=O)=O. The van der Waals surface area contributed by atoms with Crippen LogP contribution in [0.25, 0.3) is 0 Å². The highest BCUT2D eigenvalue weighted by atomic mass is 32.2. The minimum Gasteiger partial charge on any atom is -0.467 e. The maximum absolute atomic E-state index is 12.7. The number of sulfonamides is 1. The number of esters is 1. The molecule has 24 heavy (non-hydrogen) atoms. The lowest BCUT2D eigenvalue weighted by Gasteiger charge is -2.23. The summed E-state index contributed by atoms with van der Waals surface area (Å²) in [6.07, 6.45) is 0. The van der Waals surface area contributed by atoms with E-state index in [4.69, 9.17) is 4.74 Å². The second kappa shape index (κ2) is 6.29. The highest BCUT2D eigenvalue weighted by Gasteiger charge is 2.48. The third-order valence-electron chi connectivity index (χ3n) is 3.46. The van der Waals surface area contributed by atoms with E-state index in [1.54, 1.807) is 36.4 Å². The molecule has 0 radical (unpaired) electrons. The van der Waals surface area contributed by atoms with Crippen LogP contribution in [0.3, 0.4) is 0 Å². The summed E-state index contributed by atoms with van der Waals surface area (Å²) in [5.41, 5.74) is 0.0556. The zero-order chi connectivity index (χ0) is 17.3. The molecule has 0 aromatic heterocycles. The van der Waals surface area contributed by atoms with Gasteiger partial charge in [-0.05, 0) is 24.3 Å². The van der Waals surface area contributed by atoms with Crippen LogP contribution in [-0.4, -0.2) is 37.1 Å². The molecule has 1 atom stereocenters. The lowest BCUT2D eigenvalue weighted by atomic mass is 10.2. The fourth-order valence-electron chi connectivity index (χ4n) is 2.36. The number of ether oxygens (including phenoxy) is 1. The number of hydrogen-bond donors (Lipinski definition) is 0. The van der Waals surface area contributed by atoms with Crippen LogP contribution in [0.15, 0.2) is 64.4 Å². The summed E-state index contributed by atoms with van der Waals surface area (Å²) in [6.45, 7) is 0. The molecule has 0 saturated carbocycles. The summed E-state index contributed by atoms with van der Waals surface area (Å²) in [7, 11) is -2.95. The minimum atomic E-state index is -4.11. The highest BCUT2D eigenvalue weighted by molar-refractivity contribution is 8.01. The maximum Gasteiger partial charge on any atom is 0.340 e. The molecule has 2 aromatic carbocycles. The summed E-state index contributed by atoms with van der Waals surface area (Å²) < 4.78 is 30.8. The summed E-state index contributed by atoms with van der Waals surface area (Å²) in [5, 5.41) is -1.33. The van der Waals surface area contributed by atoms with Crippen molar-refractivity contribution in [3.63, 3.8) is 0 Å². The van der Waals surface area contributed by atoms with Crippen LogP contribution in [0.5, 0.6) is 0 Å². The van der Waals surface area contributed by atoms with E-state index in [0.717, 1.165) is 18.9 Å². The Kier molecular flexibility index (Phi) is 4.33. The van der Waals surface area contributed by atoms with E-state index in [2.05, 4.69) is 0 Å². The quantitative estimate of drug-likeness (QED) is 0.611.